The van der Waals surface area contributed by atoms with Gasteiger partial charge in [-0.05, 0) is 30.7 Å². The second kappa shape index (κ2) is 6.10. The fourth-order valence-corrected chi connectivity index (χ4v) is 3.21. The number of nitrogens with zero attached hydrogens (tertiary/aromatic N) is 2. The highest BCUT2D eigenvalue weighted by atomic mass is 16.1. The molecular formula is C20H18N2O. The second-order valence-corrected chi connectivity index (χ2v) is 5.85. The molecule has 0 N–H and O–H groups in total. The maximum absolute atomic E-state index is 12.5. The molecular weight excluding hydrogens is 284 g/mol. The second-order valence-electron chi connectivity index (χ2n) is 5.85. The smallest absolute Gasteiger partial charge is 0.165 e. The van der Waals surface area contributed by atoms with E-state index in [1.54, 1.807) is 6.07 Å². The Bertz CT molecular complexity index is 802. The average molecular weight is 302 g/mol. The van der Waals surface area contributed by atoms with Gasteiger partial charge in [-0.15, -0.1) is 0 Å². The van der Waals surface area contributed by atoms with Crippen molar-refractivity contribution in [2.75, 3.05) is 4.90 Å². The van der Waals surface area contributed by atoms with Crippen LogP contribution >= 0.6 is 0 Å². The molecule has 0 bridgehead atoms. The molecule has 2 aromatic rings. The molecule has 0 spiro atoms. The average Bonchev–Trinajstić information content (AvgIpc) is 2.60. The number of ketones is 1. The number of hydrogen-bond acceptors (Lipinski definition) is 3. The van der Waals surface area contributed by atoms with Crippen molar-refractivity contribution >= 4 is 11.5 Å². The first-order valence-electron chi connectivity index (χ1n) is 7.68. The lowest BCUT2D eigenvalue weighted by atomic mass is 9.82. The van der Waals surface area contributed by atoms with E-state index in [4.69, 9.17) is 0 Å². The van der Waals surface area contributed by atoms with Crippen LogP contribution in [0.2, 0.25) is 0 Å². The standard InChI is InChI=1S/C20H18N2O/c1-14-13-22(17-9-4-3-5-10-17)19(15(2)20(14)23)18-11-7-6-8-16(18)12-21/h3-11,13,15,19H,1-2H3. The normalized spacial score (nSPS) is 20.8. The van der Waals surface area contributed by atoms with Gasteiger partial charge in [0.1, 0.15) is 0 Å². The van der Waals surface area contributed by atoms with E-state index in [1.807, 2.05) is 68.6 Å². The number of Topliss-reactive ketones (excluding diaryl/α,β-unsaturated/α-hetero) is 1. The van der Waals surface area contributed by atoms with Crippen LogP contribution < -0.4 is 4.90 Å². The summed E-state index contributed by atoms with van der Waals surface area (Å²) in [6, 6.07) is 19.6. The number of nitriles is 1. The molecule has 0 radical (unpaired) electrons. The number of carbonyl (C=O) groups excluding carboxylic acids is 1. The van der Waals surface area contributed by atoms with E-state index in [1.165, 1.54) is 0 Å². The molecule has 1 heterocycles. The summed E-state index contributed by atoms with van der Waals surface area (Å²) in [6.07, 6.45) is 1.90. The van der Waals surface area contributed by atoms with Gasteiger partial charge in [-0.3, -0.25) is 4.79 Å². The Morgan fingerprint density at radius 2 is 1.70 bits per heavy atom. The molecule has 0 aromatic heterocycles. The monoisotopic (exact) mass is 302 g/mol. The molecule has 114 valence electrons. The number of hydrogen-bond donors (Lipinski definition) is 0. The number of para-hydroxylation sites is 1. The van der Waals surface area contributed by atoms with Gasteiger partial charge in [-0.25, -0.2) is 0 Å². The van der Waals surface area contributed by atoms with Gasteiger partial charge in [-0.2, -0.15) is 5.26 Å². The lowest BCUT2D eigenvalue weighted by molar-refractivity contribution is -0.119. The molecule has 2 aromatic carbocycles. The molecule has 1 aliphatic rings. The zero-order valence-electron chi connectivity index (χ0n) is 13.2. The van der Waals surface area contributed by atoms with Crippen molar-refractivity contribution in [1.82, 2.24) is 0 Å². The molecule has 1 aliphatic heterocycles. The Morgan fingerprint density at radius 3 is 2.39 bits per heavy atom. The zero-order chi connectivity index (χ0) is 16.4. The van der Waals surface area contributed by atoms with Gasteiger partial charge in [0.2, 0.25) is 0 Å². The summed E-state index contributed by atoms with van der Waals surface area (Å²) in [7, 11) is 0. The van der Waals surface area contributed by atoms with E-state index in [0.29, 0.717) is 5.56 Å². The van der Waals surface area contributed by atoms with E-state index < -0.39 is 0 Å². The molecule has 3 heteroatoms. The van der Waals surface area contributed by atoms with Gasteiger partial charge in [0, 0.05) is 23.4 Å². The molecule has 2 unspecified atom stereocenters. The van der Waals surface area contributed by atoms with Crippen LogP contribution in [0.1, 0.15) is 31.0 Å². The molecule has 3 nitrogen and oxygen atoms in total. The van der Waals surface area contributed by atoms with Crippen molar-refractivity contribution in [3.8, 4) is 6.07 Å². The quantitative estimate of drug-likeness (QED) is 0.834. The minimum absolute atomic E-state index is 0.134. The van der Waals surface area contributed by atoms with Gasteiger partial charge < -0.3 is 4.90 Å². The van der Waals surface area contributed by atoms with E-state index >= 15 is 0 Å². The number of rotatable bonds is 2. The number of carbonyl (C=O) groups is 1. The summed E-state index contributed by atoms with van der Waals surface area (Å²) in [4.78, 5) is 14.6. The van der Waals surface area contributed by atoms with Crippen molar-refractivity contribution < 1.29 is 4.79 Å². The van der Waals surface area contributed by atoms with Gasteiger partial charge in [0.15, 0.2) is 5.78 Å². The summed E-state index contributed by atoms with van der Waals surface area (Å²) in [5.74, 6) is -0.0790. The Hall–Kier alpha value is -2.86. The van der Waals surface area contributed by atoms with Gasteiger partial charge in [-0.1, -0.05) is 43.3 Å². The van der Waals surface area contributed by atoms with Crippen molar-refractivity contribution in [1.29, 1.82) is 5.26 Å². The Labute approximate surface area is 136 Å². The summed E-state index contributed by atoms with van der Waals surface area (Å²) in [5, 5.41) is 9.44. The fraction of sp³-hybridized carbons (Fsp3) is 0.200. The molecule has 23 heavy (non-hydrogen) atoms. The van der Waals surface area contributed by atoms with Crippen LogP contribution in [0.5, 0.6) is 0 Å². The first-order chi connectivity index (χ1) is 11.1. The van der Waals surface area contributed by atoms with Crippen LogP contribution in [-0.4, -0.2) is 5.78 Å². The van der Waals surface area contributed by atoms with Crippen molar-refractivity contribution in [3.05, 3.63) is 77.5 Å². The lowest BCUT2D eigenvalue weighted by Gasteiger charge is -2.39. The van der Waals surface area contributed by atoms with Crippen LogP contribution in [-0.2, 0) is 4.79 Å². The van der Waals surface area contributed by atoms with Crippen molar-refractivity contribution in [2.45, 2.75) is 19.9 Å². The first kappa shape index (κ1) is 15.1. The SMILES string of the molecule is CC1=CN(c2ccccc2)C(c2ccccc2C#N)C(C)C1=O. The highest BCUT2D eigenvalue weighted by molar-refractivity contribution is 5.99. The van der Waals surface area contributed by atoms with Crippen LogP contribution in [0.25, 0.3) is 0 Å². The van der Waals surface area contributed by atoms with E-state index in [-0.39, 0.29) is 17.7 Å². The molecule has 0 fully saturated rings. The third-order valence-corrected chi connectivity index (χ3v) is 4.36. The zero-order valence-corrected chi connectivity index (χ0v) is 13.2. The van der Waals surface area contributed by atoms with E-state index in [9.17, 15) is 10.1 Å². The first-order valence-corrected chi connectivity index (χ1v) is 7.68. The maximum Gasteiger partial charge on any atom is 0.165 e. The molecule has 3 rings (SSSR count). The molecule has 0 aliphatic carbocycles. The maximum atomic E-state index is 12.5. The molecule has 0 saturated heterocycles. The fourth-order valence-electron chi connectivity index (χ4n) is 3.21. The summed E-state index contributed by atoms with van der Waals surface area (Å²) < 4.78 is 0. The topological polar surface area (TPSA) is 44.1 Å². The van der Waals surface area contributed by atoms with Crippen molar-refractivity contribution in [3.63, 3.8) is 0 Å². The Kier molecular flexibility index (Phi) is 3.99. The summed E-state index contributed by atoms with van der Waals surface area (Å²) >= 11 is 0. The number of benzene rings is 2. The minimum Gasteiger partial charge on any atom is -0.339 e. The van der Waals surface area contributed by atoms with Gasteiger partial charge in [0.05, 0.1) is 17.7 Å². The van der Waals surface area contributed by atoms with Gasteiger partial charge >= 0.3 is 0 Å². The number of anilines is 1. The third-order valence-electron chi connectivity index (χ3n) is 4.36. The number of allylic oxidation sites excluding steroid dienone is 1. The predicted octanol–water partition coefficient (Wildman–Crippen LogP) is 4.23. The third kappa shape index (κ3) is 2.64. The lowest BCUT2D eigenvalue weighted by Crippen LogP contribution is -2.38. The highest BCUT2D eigenvalue weighted by Gasteiger charge is 2.36. The summed E-state index contributed by atoms with van der Waals surface area (Å²) in [6.45, 7) is 3.79. The minimum atomic E-state index is -0.213. The van der Waals surface area contributed by atoms with Crippen LogP contribution in [0.4, 0.5) is 5.69 Å². The van der Waals surface area contributed by atoms with Gasteiger partial charge in [0.25, 0.3) is 0 Å². The van der Waals surface area contributed by atoms with E-state index in [2.05, 4.69) is 11.0 Å². The Morgan fingerprint density at radius 1 is 1.04 bits per heavy atom. The highest BCUT2D eigenvalue weighted by Crippen LogP contribution is 2.39. The van der Waals surface area contributed by atoms with Crippen LogP contribution in [0.3, 0.4) is 0 Å². The Balaban J connectivity index is 2.18. The molecule has 0 saturated carbocycles. The summed E-state index contributed by atoms with van der Waals surface area (Å²) in [5.41, 5.74) is 3.27. The largest absolute Gasteiger partial charge is 0.339 e. The predicted molar refractivity (Wildman–Crippen MR) is 90.7 cm³/mol. The molecule has 2 atom stereocenters. The van der Waals surface area contributed by atoms with Crippen LogP contribution in [0, 0.1) is 17.2 Å². The van der Waals surface area contributed by atoms with Crippen molar-refractivity contribution in [2.24, 2.45) is 5.92 Å². The van der Waals surface area contributed by atoms with Crippen LogP contribution in [0.15, 0.2) is 66.4 Å². The molecule has 0 amide bonds. The van der Waals surface area contributed by atoms with E-state index in [0.717, 1.165) is 16.8 Å².